The molecule has 6 nitrogen and oxygen atoms in total. The first-order valence-electron chi connectivity index (χ1n) is 7.38. The van der Waals surface area contributed by atoms with Crippen LogP contribution in [0.4, 0.5) is 0 Å². The summed E-state index contributed by atoms with van der Waals surface area (Å²) in [5, 5.41) is 4.21. The zero-order valence-corrected chi connectivity index (χ0v) is 12.5. The normalized spacial score (nSPS) is 19.8. The van der Waals surface area contributed by atoms with Crippen LogP contribution in [-0.2, 0) is 13.6 Å². The third-order valence-corrected chi connectivity index (χ3v) is 3.97. The lowest BCUT2D eigenvalue weighted by Crippen LogP contribution is -2.34. The van der Waals surface area contributed by atoms with Crippen molar-refractivity contribution in [3.05, 3.63) is 45.9 Å². The third-order valence-electron chi connectivity index (χ3n) is 3.97. The Morgan fingerprint density at radius 2 is 2.33 bits per heavy atom. The van der Waals surface area contributed by atoms with Crippen molar-refractivity contribution in [1.82, 2.24) is 24.6 Å². The van der Waals surface area contributed by atoms with E-state index in [0.717, 1.165) is 38.2 Å². The summed E-state index contributed by atoms with van der Waals surface area (Å²) in [5.41, 5.74) is 2.10. The van der Waals surface area contributed by atoms with Crippen molar-refractivity contribution in [2.24, 2.45) is 7.05 Å². The molecular formula is C15H21N5O. The minimum atomic E-state index is -0.0538. The lowest BCUT2D eigenvalue weighted by Gasteiger charge is -2.32. The molecule has 0 bridgehead atoms. The Bertz CT molecular complexity index is 675. The Morgan fingerprint density at radius 1 is 1.48 bits per heavy atom. The molecule has 1 atom stereocenters. The molecule has 1 saturated heterocycles. The van der Waals surface area contributed by atoms with Crippen LogP contribution in [0.5, 0.6) is 0 Å². The van der Waals surface area contributed by atoms with Crippen LogP contribution in [0.3, 0.4) is 0 Å². The summed E-state index contributed by atoms with van der Waals surface area (Å²) in [5.74, 6) is 1.04. The monoisotopic (exact) mass is 287 g/mol. The van der Waals surface area contributed by atoms with E-state index in [2.05, 4.69) is 26.2 Å². The largest absolute Gasteiger partial charge is 0.311 e. The Morgan fingerprint density at radius 3 is 3.05 bits per heavy atom. The van der Waals surface area contributed by atoms with E-state index in [1.165, 1.54) is 5.56 Å². The topological polar surface area (TPSA) is 66.8 Å². The van der Waals surface area contributed by atoms with Crippen LogP contribution in [0.25, 0.3) is 0 Å². The molecule has 0 amide bonds. The van der Waals surface area contributed by atoms with Crippen molar-refractivity contribution >= 4 is 0 Å². The van der Waals surface area contributed by atoms with Crippen LogP contribution < -0.4 is 5.56 Å². The van der Waals surface area contributed by atoms with Gasteiger partial charge in [0.2, 0.25) is 0 Å². The van der Waals surface area contributed by atoms with Crippen LogP contribution in [0, 0.1) is 6.92 Å². The van der Waals surface area contributed by atoms with Gasteiger partial charge in [0.1, 0.15) is 5.82 Å². The number of hydrogen-bond acceptors (Lipinski definition) is 4. The lowest BCUT2D eigenvalue weighted by atomic mass is 9.94. The number of piperidine rings is 1. The molecule has 112 valence electrons. The highest BCUT2D eigenvalue weighted by Gasteiger charge is 2.23. The van der Waals surface area contributed by atoms with E-state index in [1.807, 2.05) is 24.9 Å². The van der Waals surface area contributed by atoms with Gasteiger partial charge in [-0.15, -0.1) is 0 Å². The van der Waals surface area contributed by atoms with Gasteiger partial charge >= 0.3 is 0 Å². The van der Waals surface area contributed by atoms with E-state index >= 15 is 0 Å². The standard InChI is InChI=1S/C15H21N5O/c1-11-17-14(6-15(21)18-11)13-4-3-5-20(10-13)9-12-7-16-19(2)8-12/h6-8,13H,3-5,9-10H2,1-2H3,(H,17,18,21)/t13-/m0/s1. The number of aromatic amines is 1. The molecule has 1 N–H and O–H groups in total. The van der Waals surface area contributed by atoms with Gasteiger partial charge in [-0.25, -0.2) is 4.98 Å². The summed E-state index contributed by atoms with van der Waals surface area (Å²) in [6.45, 7) is 4.78. The molecular weight excluding hydrogens is 266 g/mol. The summed E-state index contributed by atoms with van der Waals surface area (Å²) < 4.78 is 1.83. The Kier molecular flexibility index (Phi) is 3.88. The van der Waals surface area contributed by atoms with Gasteiger partial charge in [-0.05, 0) is 26.3 Å². The number of rotatable bonds is 3. The summed E-state index contributed by atoms with van der Waals surface area (Å²) in [7, 11) is 1.94. The van der Waals surface area contributed by atoms with E-state index < -0.39 is 0 Å². The van der Waals surface area contributed by atoms with Crippen molar-refractivity contribution in [2.75, 3.05) is 13.1 Å². The molecule has 0 aromatic carbocycles. The lowest BCUT2D eigenvalue weighted by molar-refractivity contribution is 0.198. The van der Waals surface area contributed by atoms with Gasteiger partial charge in [0.25, 0.3) is 5.56 Å². The Balaban J connectivity index is 1.71. The zero-order chi connectivity index (χ0) is 14.8. The third kappa shape index (κ3) is 3.39. The highest BCUT2D eigenvalue weighted by molar-refractivity contribution is 5.11. The Labute approximate surface area is 123 Å². The molecule has 2 aromatic heterocycles. The number of likely N-dealkylation sites (tertiary alicyclic amines) is 1. The first-order valence-corrected chi connectivity index (χ1v) is 7.38. The molecule has 1 fully saturated rings. The van der Waals surface area contributed by atoms with Crippen molar-refractivity contribution in [1.29, 1.82) is 0 Å². The predicted octanol–water partition coefficient (Wildman–Crippen LogP) is 1.19. The first kappa shape index (κ1) is 14.0. The summed E-state index contributed by atoms with van der Waals surface area (Å²) in [6, 6.07) is 1.64. The molecule has 0 unspecified atom stereocenters. The fourth-order valence-corrected chi connectivity index (χ4v) is 3.06. The van der Waals surface area contributed by atoms with Gasteiger partial charge in [0, 0.05) is 43.9 Å². The fraction of sp³-hybridized carbons (Fsp3) is 0.533. The summed E-state index contributed by atoms with van der Waals surface area (Å²) >= 11 is 0. The molecule has 3 heterocycles. The minimum absolute atomic E-state index is 0.0538. The molecule has 3 rings (SSSR count). The van der Waals surface area contributed by atoms with Gasteiger partial charge in [0.05, 0.1) is 11.9 Å². The highest BCUT2D eigenvalue weighted by Crippen LogP contribution is 2.25. The maximum absolute atomic E-state index is 11.6. The number of nitrogens with zero attached hydrogens (tertiary/aromatic N) is 4. The summed E-state index contributed by atoms with van der Waals surface area (Å²) in [4.78, 5) is 21.2. The Hall–Kier alpha value is -1.95. The molecule has 2 aromatic rings. The van der Waals surface area contributed by atoms with Crippen LogP contribution in [0.1, 0.15) is 35.8 Å². The highest BCUT2D eigenvalue weighted by atomic mass is 16.1. The number of hydrogen-bond donors (Lipinski definition) is 1. The minimum Gasteiger partial charge on any atom is -0.311 e. The smallest absolute Gasteiger partial charge is 0.251 e. The summed E-state index contributed by atoms with van der Waals surface area (Å²) in [6.07, 6.45) is 6.20. The molecule has 0 radical (unpaired) electrons. The van der Waals surface area contributed by atoms with Crippen LogP contribution in [0.2, 0.25) is 0 Å². The molecule has 0 spiro atoms. The average molecular weight is 287 g/mol. The van der Waals surface area contributed by atoms with Crippen LogP contribution in [-0.4, -0.2) is 37.7 Å². The number of nitrogens with one attached hydrogen (secondary N) is 1. The maximum atomic E-state index is 11.6. The number of aryl methyl sites for hydroxylation is 2. The molecule has 0 aliphatic carbocycles. The average Bonchev–Trinajstić information content (AvgIpc) is 2.83. The predicted molar refractivity (Wildman–Crippen MR) is 80.1 cm³/mol. The second kappa shape index (κ2) is 5.81. The van der Waals surface area contributed by atoms with Crippen molar-refractivity contribution < 1.29 is 0 Å². The zero-order valence-electron chi connectivity index (χ0n) is 12.5. The molecule has 6 heteroatoms. The van der Waals surface area contributed by atoms with E-state index in [1.54, 1.807) is 6.07 Å². The SMILES string of the molecule is Cc1nc([C@H]2CCCN(Cc3cnn(C)c3)C2)cc(=O)[nH]1. The van der Waals surface area contributed by atoms with Crippen LogP contribution >= 0.6 is 0 Å². The van der Waals surface area contributed by atoms with Gasteiger partial charge in [-0.1, -0.05) is 0 Å². The van der Waals surface area contributed by atoms with E-state index in [4.69, 9.17) is 0 Å². The number of aromatic nitrogens is 4. The molecule has 1 aliphatic rings. The second-order valence-electron chi connectivity index (χ2n) is 5.85. The fourth-order valence-electron chi connectivity index (χ4n) is 3.06. The van der Waals surface area contributed by atoms with E-state index in [9.17, 15) is 4.79 Å². The van der Waals surface area contributed by atoms with E-state index in [0.29, 0.717) is 11.7 Å². The first-order chi connectivity index (χ1) is 10.1. The van der Waals surface area contributed by atoms with Gasteiger partial charge in [-0.2, -0.15) is 5.10 Å². The molecule has 1 aliphatic heterocycles. The number of H-pyrrole nitrogens is 1. The van der Waals surface area contributed by atoms with Crippen molar-refractivity contribution in [2.45, 2.75) is 32.2 Å². The van der Waals surface area contributed by atoms with Crippen molar-refractivity contribution in [3.63, 3.8) is 0 Å². The van der Waals surface area contributed by atoms with Crippen LogP contribution in [0.15, 0.2) is 23.3 Å². The second-order valence-corrected chi connectivity index (χ2v) is 5.85. The molecule has 0 saturated carbocycles. The van der Waals surface area contributed by atoms with Gasteiger partial charge in [0.15, 0.2) is 0 Å². The maximum Gasteiger partial charge on any atom is 0.251 e. The van der Waals surface area contributed by atoms with Gasteiger partial charge in [-0.3, -0.25) is 14.4 Å². The van der Waals surface area contributed by atoms with Gasteiger partial charge < -0.3 is 4.98 Å². The van der Waals surface area contributed by atoms with Crippen molar-refractivity contribution in [3.8, 4) is 0 Å². The molecule has 21 heavy (non-hydrogen) atoms. The van der Waals surface area contributed by atoms with E-state index in [-0.39, 0.29) is 5.56 Å². The quantitative estimate of drug-likeness (QED) is 0.921.